The zero-order valence-electron chi connectivity index (χ0n) is 22.1. The van der Waals surface area contributed by atoms with Crippen molar-refractivity contribution in [2.75, 3.05) is 0 Å². The monoisotopic (exact) mass is 466 g/mol. The minimum absolute atomic E-state index is 0.0142. The van der Waals surface area contributed by atoms with Crippen LogP contribution in [0.1, 0.15) is 149 Å². The molecule has 1 saturated carbocycles. The molecule has 1 fully saturated rings. The largest absolute Gasteiger partial charge is 0.481 e. The Kier molecular flexibility index (Phi) is 17.5. The lowest BCUT2D eigenvalue weighted by molar-refractivity contribution is -0.158. The average molecular weight is 467 g/mol. The lowest BCUT2D eigenvalue weighted by Gasteiger charge is -2.27. The van der Waals surface area contributed by atoms with E-state index in [0.29, 0.717) is 12.8 Å². The Hall–Kier alpha value is -1.06. The van der Waals surface area contributed by atoms with Gasteiger partial charge >= 0.3 is 11.9 Å². The molecule has 33 heavy (non-hydrogen) atoms. The number of carbonyl (C=O) groups excluding carboxylic acids is 1. The van der Waals surface area contributed by atoms with Crippen molar-refractivity contribution in [3.05, 3.63) is 0 Å². The van der Waals surface area contributed by atoms with Crippen molar-refractivity contribution in [3.63, 3.8) is 0 Å². The highest BCUT2D eigenvalue weighted by molar-refractivity contribution is 5.75. The Labute approximate surface area is 204 Å². The highest BCUT2D eigenvalue weighted by atomic mass is 16.5. The Bertz CT molecular complexity index is 502. The molecular weight excluding hydrogens is 412 g/mol. The summed E-state index contributed by atoms with van der Waals surface area (Å²) in [5.74, 6) is -0.677. The lowest BCUT2D eigenvalue weighted by atomic mass is 9.81. The van der Waals surface area contributed by atoms with Crippen molar-refractivity contribution in [2.24, 2.45) is 17.8 Å². The van der Waals surface area contributed by atoms with Gasteiger partial charge in [0, 0.05) is 0 Å². The van der Waals surface area contributed by atoms with Crippen LogP contribution in [0.5, 0.6) is 0 Å². The topological polar surface area (TPSA) is 63.6 Å². The van der Waals surface area contributed by atoms with Crippen molar-refractivity contribution < 1.29 is 19.4 Å². The Morgan fingerprint density at radius 2 is 1.24 bits per heavy atom. The summed E-state index contributed by atoms with van der Waals surface area (Å²) in [6.07, 6.45) is 22.6. The van der Waals surface area contributed by atoms with Crippen LogP contribution in [0.25, 0.3) is 0 Å². The molecule has 194 valence electrons. The minimum atomic E-state index is -0.764. The molecule has 4 nitrogen and oxygen atoms in total. The molecule has 0 aliphatic heterocycles. The third-order valence-electron chi connectivity index (χ3n) is 7.33. The molecule has 1 N–H and O–H groups in total. The van der Waals surface area contributed by atoms with Crippen molar-refractivity contribution in [2.45, 2.75) is 155 Å². The first-order valence-electron chi connectivity index (χ1n) is 14.4. The smallest absolute Gasteiger partial charge is 0.309 e. The van der Waals surface area contributed by atoms with Crippen molar-refractivity contribution >= 4 is 11.9 Å². The summed E-state index contributed by atoms with van der Waals surface area (Å²) in [5.41, 5.74) is 0. The Morgan fingerprint density at radius 1 is 0.758 bits per heavy atom. The van der Waals surface area contributed by atoms with Crippen LogP contribution in [0.3, 0.4) is 0 Å². The van der Waals surface area contributed by atoms with Crippen LogP contribution in [-0.2, 0) is 14.3 Å². The molecule has 0 aromatic heterocycles. The molecule has 0 saturated heterocycles. The number of carboxylic acids is 1. The zero-order valence-corrected chi connectivity index (χ0v) is 22.1. The van der Waals surface area contributed by atoms with Crippen LogP contribution >= 0.6 is 0 Å². The van der Waals surface area contributed by atoms with Crippen LogP contribution in [0, 0.1) is 17.8 Å². The number of hydrogen-bond donors (Lipinski definition) is 1. The lowest BCUT2D eigenvalue weighted by Crippen LogP contribution is -2.31. The molecule has 0 aromatic carbocycles. The van der Waals surface area contributed by atoms with Gasteiger partial charge in [-0.15, -0.1) is 0 Å². The first-order valence-corrected chi connectivity index (χ1v) is 14.4. The van der Waals surface area contributed by atoms with E-state index >= 15 is 0 Å². The van der Waals surface area contributed by atoms with Gasteiger partial charge in [0.2, 0.25) is 0 Å². The maximum atomic E-state index is 12.8. The van der Waals surface area contributed by atoms with Crippen molar-refractivity contribution in [1.29, 1.82) is 0 Å². The Morgan fingerprint density at radius 3 is 1.76 bits per heavy atom. The van der Waals surface area contributed by atoms with E-state index in [1.807, 2.05) is 0 Å². The second-order valence-electron chi connectivity index (χ2n) is 11.0. The molecule has 3 atom stereocenters. The van der Waals surface area contributed by atoms with E-state index in [0.717, 1.165) is 44.4 Å². The number of carboxylic acid groups (broad SMARTS) is 1. The van der Waals surface area contributed by atoms with Gasteiger partial charge in [-0.25, -0.2) is 0 Å². The van der Waals surface area contributed by atoms with Crippen LogP contribution in [0.2, 0.25) is 0 Å². The van der Waals surface area contributed by atoms with Gasteiger partial charge in [0.1, 0.15) is 6.10 Å². The SMILES string of the molecule is CCCCCCCC(CCCCCCCCCCC(C)C)OC(=O)C1CCCC(C(=O)O)C1. The first-order chi connectivity index (χ1) is 15.9. The van der Waals surface area contributed by atoms with Crippen LogP contribution in [0.4, 0.5) is 0 Å². The van der Waals surface area contributed by atoms with Gasteiger partial charge in [-0.3, -0.25) is 9.59 Å². The predicted molar refractivity (Wildman–Crippen MR) is 137 cm³/mol. The molecule has 0 radical (unpaired) electrons. The third-order valence-corrected chi connectivity index (χ3v) is 7.33. The minimum Gasteiger partial charge on any atom is -0.481 e. The molecule has 3 unspecified atom stereocenters. The summed E-state index contributed by atoms with van der Waals surface area (Å²) in [6, 6.07) is 0. The highest BCUT2D eigenvalue weighted by Crippen LogP contribution is 2.31. The standard InChI is InChI=1S/C29H54O4/c1-4-5-6-11-15-21-27(22-16-13-10-8-7-9-12-14-18-24(2)3)33-29(32)26-20-17-19-25(23-26)28(30)31/h24-27H,4-23H2,1-3H3,(H,30,31). The molecular formula is C29H54O4. The second-order valence-corrected chi connectivity index (χ2v) is 11.0. The summed E-state index contributed by atoms with van der Waals surface area (Å²) < 4.78 is 5.98. The number of esters is 1. The van der Waals surface area contributed by atoms with Crippen molar-refractivity contribution in [3.8, 4) is 0 Å². The number of ether oxygens (including phenoxy) is 1. The van der Waals surface area contributed by atoms with E-state index in [1.54, 1.807) is 0 Å². The van der Waals surface area contributed by atoms with E-state index in [1.165, 1.54) is 77.0 Å². The van der Waals surface area contributed by atoms with E-state index in [2.05, 4.69) is 20.8 Å². The van der Waals surface area contributed by atoms with Gasteiger partial charge in [0.25, 0.3) is 0 Å². The Balaban J connectivity index is 2.30. The van der Waals surface area contributed by atoms with Gasteiger partial charge in [0.15, 0.2) is 0 Å². The molecule has 0 spiro atoms. The maximum Gasteiger partial charge on any atom is 0.309 e. The van der Waals surface area contributed by atoms with E-state index in [4.69, 9.17) is 4.74 Å². The molecule has 1 aliphatic rings. The molecule has 4 heteroatoms. The second kappa shape index (κ2) is 19.3. The summed E-state index contributed by atoms with van der Waals surface area (Å²) in [5, 5.41) is 9.32. The van der Waals surface area contributed by atoms with E-state index in [-0.39, 0.29) is 23.9 Å². The van der Waals surface area contributed by atoms with Gasteiger partial charge in [-0.2, -0.15) is 0 Å². The number of carbonyl (C=O) groups is 2. The zero-order chi connectivity index (χ0) is 24.3. The van der Waals surface area contributed by atoms with Gasteiger partial charge < -0.3 is 9.84 Å². The summed E-state index contributed by atoms with van der Waals surface area (Å²) >= 11 is 0. The van der Waals surface area contributed by atoms with Crippen LogP contribution in [0.15, 0.2) is 0 Å². The fraction of sp³-hybridized carbons (Fsp3) is 0.931. The fourth-order valence-corrected chi connectivity index (χ4v) is 5.11. The summed E-state index contributed by atoms with van der Waals surface area (Å²) in [4.78, 5) is 24.1. The normalized spacial score (nSPS) is 19.5. The van der Waals surface area contributed by atoms with E-state index < -0.39 is 5.97 Å². The average Bonchev–Trinajstić information content (AvgIpc) is 2.79. The molecule has 1 rings (SSSR count). The van der Waals surface area contributed by atoms with Crippen LogP contribution < -0.4 is 0 Å². The quantitative estimate of drug-likeness (QED) is 0.144. The molecule has 0 amide bonds. The number of hydrogen-bond acceptors (Lipinski definition) is 3. The molecule has 1 aliphatic carbocycles. The first kappa shape index (κ1) is 30.0. The predicted octanol–water partition coefficient (Wildman–Crippen LogP) is 8.71. The third kappa shape index (κ3) is 15.5. The van der Waals surface area contributed by atoms with Gasteiger partial charge in [-0.1, -0.05) is 104 Å². The van der Waals surface area contributed by atoms with Gasteiger partial charge in [0.05, 0.1) is 11.8 Å². The molecule has 0 heterocycles. The summed E-state index contributed by atoms with van der Waals surface area (Å²) in [6.45, 7) is 6.83. The fourth-order valence-electron chi connectivity index (χ4n) is 5.11. The summed E-state index contributed by atoms with van der Waals surface area (Å²) in [7, 11) is 0. The van der Waals surface area contributed by atoms with Gasteiger partial charge in [-0.05, 0) is 50.9 Å². The molecule has 0 aromatic rings. The maximum absolute atomic E-state index is 12.8. The number of unbranched alkanes of at least 4 members (excludes halogenated alkanes) is 11. The highest BCUT2D eigenvalue weighted by Gasteiger charge is 2.32. The molecule has 0 bridgehead atoms. The van der Waals surface area contributed by atoms with Crippen molar-refractivity contribution in [1.82, 2.24) is 0 Å². The van der Waals surface area contributed by atoms with E-state index in [9.17, 15) is 14.7 Å². The number of rotatable bonds is 20. The number of aliphatic carboxylic acids is 1. The van der Waals surface area contributed by atoms with Crippen LogP contribution in [-0.4, -0.2) is 23.1 Å².